The maximum Gasteiger partial charge on any atom is 0.228 e. The first-order valence-corrected chi connectivity index (χ1v) is 5.69. The van der Waals surface area contributed by atoms with E-state index in [4.69, 9.17) is 11.6 Å². The van der Waals surface area contributed by atoms with Crippen molar-refractivity contribution in [1.29, 1.82) is 0 Å². The number of amides is 1. The number of hydrogen-bond acceptors (Lipinski definition) is 3. The van der Waals surface area contributed by atoms with Gasteiger partial charge in [0.2, 0.25) is 5.91 Å². The summed E-state index contributed by atoms with van der Waals surface area (Å²) in [7, 11) is 0. The van der Waals surface area contributed by atoms with Gasteiger partial charge >= 0.3 is 0 Å². The lowest BCUT2D eigenvalue weighted by atomic mass is 10.1. The first-order chi connectivity index (χ1) is 7.66. The van der Waals surface area contributed by atoms with E-state index in [9.17, 15) is 4.79 Å². The van der Waals surface area contributed by atoms with Crippen molar-refractivity contribution < 1.29 is 4.79 Å². The van der Waals surface area contributed by atoms with Crippen molar-refractivity contribution >= 4 is 23.2 Å². The predicted octanol–water partition coefficient (Wildman–Crippen LogP) is 1.59. The largest absolute Gasteiger partial charge is 0.324 e. The highest BCUT2D eigenvalue weighted by Crippen LogP contribution is 2.17. The molecule has 16 heavy (non-hydrogen) atoms. The van der Waals surface area contributed by atoms with Gasteiger partial charge in [0.15, 0.2) is 0 Å². The van der Waals surface area contributed by atoms with Gasteiger partial charge in [-0.3, -0.25) is 4.79 Å². The van der Waals surface area contributed by atoms with Gasteiger partial charge in [0.05, 0.1) is 17.3 Å². The molecule has 0 bridgehead atoms. The Morgan fingerprint density at radius 2 is 2.44 bits per heavy atom. The topological polar surface area (TPSA) is 54.0 Å². The fourth-order valence-electron chi connectivity index (χ4n) is 1.78. The first-order valence-electron chi connectivity index (χ1n) is 5.31. The van der Waals surface area contributed by atoms with Crippen molar-refractivity contribution in [1.82, 2.24) is 10.3 Å². The number of nitrogens with zero attached hydrogens (tertiary/aromatic N) is 1. The van der Waals surface area contributed by atoms with Crippen LogP contribution < -0.4 is 10.6 Å². The highest BCUT2D eigenvalue weighted by atomic mass is 35.5. The van der Waals surface area contributed by atoms with E-state index in [-0.39, 0.29) is 11.8 Å². The van der Waals surface area contributed by atoms with E-state index in [0.717, 1.165) is 30.9 Å². The lowest BCUT2D eigenvalue weighted by molar-refractivity contribution is -0.119. The third kappa shape index (κ3) is 2.51. The summed E-state index contributed by atoms with van der Waals surface area (Å²) >= 11 is 5.75. The molecule has 2 N–H and O–H groups in total. The number of nitrogens with one attached hydrogen (secondary N) is 2. The van der Waals surface area contributed by atoms with Gasteiger partial charge in [-0.2, -0.15) is 0 Å². The predicted molar refractivity (Wildman–Crippen MR) is 63.6 cm³/mol. The third-order valence-electron chi connectivity index (χ3n) is 2.74. The monoisotopic (exact) mass is 239 g/mol. The van der Waals surface area contributed by atoms with Crippen LogP contribution in [0.2, 0.25) is 5.15 Å². The van der Waals surface area contributed by atoms with Crippen LogP contribution in [0.15, 0.2) is 12.1 Å². The van der Waals surface area contributed by atoms with Crippen LogP contribution in [0.1, 0.15) is 12.1 Å². The molecule has 1 aromatic rings. The summed E-state index contributed by atoms with van der Waals surface area (Å²) in [6, 6.07) is 3.46. The fraction of sp³-hybridized carbons (Fsp3) is 0.455. The quantitative estimate of drug-likeness (QED) is 0.771. The van der Waals surface area contributed by atoms with Crippen LogP contribution in [0.3, 0.4) is 0 Å². The molecule has 0 aromatic carbocycles. The first kappa shape index (κ1) is 11.4. The van der Waals surface area contributed by atoms with Crippen molar-refractivity contribution in [3.8, 4) is 0 Å². The van der Waals surface area contributed by atoms with E-state index in [2.05, 4.69) is 15.6 Å². The van der Waals surface area contributed by atoms with Crippen LogP contribution in [0, 0.1) is 12.8 Å². The molecular weight excluding hydrogens is 226 g/mol. The summed E-state index contributed by atoms with van der Waals surface area (Å²) in [6.45, 7) is 3.50. The molecule has 1 atom stereocenters. The zero-order chi connectivity index (χ0) is 11.5. The highest BCUT2D eigenvalue weighted by Gasteiger charge is 2.22. The Kier molecular flexibility index (Phi) is 3.41. The molecule has 86 valence electrons. The Bertz CT molecular complexity index is 402. The van der Waals surface area contributed by atoms with Crippen molar-refractivity contribution in [2.75, 3.05) is 18.4 Å². The summed E-state index contributed by atoms with van der Waals surface area (Å²) in [6.07, 6.45) is 0.895. The Hall–Kier alpha value is -1.13. The normalized spacial score (nSPS) is 19.8. The standard InChI is InChI=1S/C11H14ClN3O/c1-7-9(2-3-10(12)14-7)15-11(16)8-4-5-13-6-8/h2-3,8,13H,4-6H2,1H3,(H,15,16). The fourth-order valence-corrected chi connectivity index (χ4v) is 1.97. The molecule has 4 nitrogen and oxygen atoms in total. The van der Waals surface area contributed by atoms with Crippen molar-refractivity contribution in [2.24, 2.45) is 5.92 Å². The number of hydrogen-bond donors (Lipinski definition) is 2. The van der Waals surface area contributed by atoms with E-state index in [1.54, 1.807) is 12.1 Å². The van der Waals surface area contributed by atoms with Crippen LogP contribution >= 0.6 is 11.6 Å². The lowest BCUT2D eigenvalue weighted by Crippen LogP contribution is -2.25. The van der Waals surface area contributed by atoms with E-state index in [1.807, 2.05) is 6.92 Å². The maximum absolute atomic E-state index is 11.8. The zero-order valence-electron chi connectivity index (χ0n) is 9.09. The summed E-state index contributed by atoms with van der Waals surface area (Å²) in [4.78, 5) is 15.9. The van der Waals surface area contributed by atoms with Crippen molar-refractivity contribution in [2.45, 2.75) is 13.3 Å². The molecule has 1 saturated heterocycles. The van der Waals surface area contributed by atoms with Gasteiger partial charge in [-0.15, -0.1) is 0 Å². The number of anilines is 1. The number of carbonyl (C=O) groups excluding carboxylic acids is 1. The molecule has 0 aliphatic carbocycles. The van der Waals surface area contributed by atoms with Gasteiger partial charge in [0, 0.05) is 6.54 Å². The Labute approximate surface area is 99.4 Å². The van der Waals surface area contributed by atoms with Crippen molar-refractivity contribution in [3.63, 3.8) is 0 Å². The number of pyridine rings is 1. The van der Waals surface area contributed by atoms with Gasteiger partial charge in [0.25, 0.3) is 0 Å². The third-order valence-corrected chi connectivity index (χ3v) is 2.95. The van der Waals surface area contributed by atoms with Gasteiger partial charge in [-0.1, -0.05) is 11.6 Å². The summed E-state index contributed by atoms with van der Waals surface area (Å²) < 4.78 is 0. The molecule has 2 rings (SSSR count). The molecule has 1 amide bonds. The second kappa shape index (κ2) is 4.80. The second-order valence-electron chi connectivity index (χ2n) is 3.95. The molecule has 1 fully saturated rings. The van der Waals surface area contributed by atoms with E-state index < -0.39 is 0 Å². The molecule has 5 heteroatoms. The van der Waals surface area contributed by atoms with Gasteiger partial charge in [-0.05, 0) is 32.0 Å². The molecule has 0 saturated carbocycles. The molecule has 1 aliphatic heterocycles. The maximum atomic E-state index is 11.8. The zero-order valence-corrected chi connectivity index (χ0v) is 9.84. The SMILES string of the molecule is Cc1nc(Cl)ccc1NC(=O)C1CCNC1. The number of halogens is 1. The Morgan fingerprint density at radius 3 is 3.06 bits per heavy atom. The van der Waals surface area contributed by atoms with E-state index in [1.165, 1.54) is 0 Å². The Balaban J connectivity index is 2.05. The molecule has 0 radical (unpaired) electrons. The van der Waals surface area contributed by atoms with E-state index >= 15 is 0 Å². The summed E-state index contributed by atoms with van der Waals surface area (Å²) in [5.41, 5.74) is 1.48. The second-order valence-corrected chi connectivity index (χ2v) is 4.33. The summed E-state index contributed by atoms with van der Waals surface area (Å²) in [5.74, 6) is 0.118. The minimum absolute atomic E-state index is 0.0530. The minimum atomic E-state index is 0.0530. The molecule has 1 unspecified atom stereocenters. The van der Waals surface area contributed by atoms with E-state index in [0.29, 0.717) is 5.15 Å². The number of aromatic nitrogens is 1. The molecule has 0 spiro atoms. The summed E-state index contributed by atoms with van der Waals surface area (Å²) in [5, 5.41) is 6.49. The molecule has 1 aliphatic rings. The molecular formula is C11H14ClN3O. The van der Waals surface area contributed by atoms with Gasteiger partial charge in [-0.25, -0.2) is 4.98 Å². The van der Waals surface area contributed by atoms with Crippen LogP contribution in [0.25, 0.3) is 0 Å². The average molecular weight is 240 g/mol. The van der Waals surface area contributed by atoms with Gasteiger partial charge in [0.1, 0.15) is 5.15 Å². The van der Waals surface area contributed by atoms with Crippen LogP contribution in [-0.4, -0.2) is 24.0 Å². The smallest absolute Gasteiger partial charge is 0.228 e. The number of aryl methyl sites for hydroxylation is 1. The van der Waals surface area contributed by atoms with Crippen LogP contribution in [0.4, 0.5) is 5.69 Å². The average Bonchev–Trinajstić information content (AvgIpc) is 2.75. The number of rotatable bonds is 2. The van der Waals surface area contributed by atoms with Crippen LogP contribution in [0.5, 0.6) is 0 Å². The number of carbonyl (C=O) groups is 1. The molecule has 1 aromatic heterocycles. The highest BCUT2D eigenvalue weighted by molar-refractivity contribution is 6.29. The molecule has 2 heterocycles. The van der Waals surface area contributed by atoms with Crippen LogP contribution in [-0.2, 0) is 4.79 Å². The Morgan fingerprint density at radius 1 is 1.62 bits per heavy atom. The minimum Gasteiger partial charge on any atom is -0.324 e. The lowest BCUT2D eigenvalue weighted by Gasteiger charge is -2.11. The van der Waals surface area contributed by atoms with Crippen molar-refractivity contribution in [3.05, 3.63) is 23.0 Å². The van der Waals surface area contributed by atoms with Gasteiger partial charge < -0.3 is 10.6 Å².